The normalized spacial score (nSPS) is 12.0. The number of halogens is 1. The minimum atomic E-state index is -3.92. The maximum absolute atomic E-state index is 13.4. The van der Waals surface area contributed by atoms with E-state index in [-0.39, 0.29) is 42.7 Å². The number of hydrogen-bond acceptors (Lipinski definition) is 9. The number of rotatable bonds is 9. The summed E-state index contributed by atoms with van der Waals surface area (Å²) in [5.74, 6) is -2.08. The Labute approximate surface area is 159 Å². The van der Waals surface area contributed by atoms with E-state index in [9.17, 15) is 22.8 Å². The van der Waals surface area contributed by atoms with Gasteiger partial charge in [-0.2, -0.15) is 0 Å². The molecule has 0 saturated heterocycles. The number of primary sulfonamides is 1. The molecule has 0 saturated carbocycles. The van der Waals surface area contributed by atoms with Gasteiger partial charge in [-0.3, -0.25) is 4.79 Å². The van der Waals surface area contributed by atoms with Crippen molar-refractivity contribution >= 4 is 21.6 Å². The molecule has 1 amide bonds. The first-order chi connectivity index (χ1) is 13.2. The number of amides is 1. The largest absolute Gasteiger partial charge is 0.472 e. The Hall–Kier alpha value is -3.06. The van der Waals surface area contributed by atoms with E-state index in [1.807, 2.05) is 0 Å². The standard InChI is InChI=1S/C15H18FN5O6S/c1-9-6-10(2-3-11(9)16)7-12(19-23)14-15(21-27-20-14)26-5-4-18-13(22)8-28(17,24)25/h2-3,6,23H,4-5,7-8H2,1H3,(H,18,22)(H2,17,24,25). The van der Waals surface area contributed by atoms with Gasteiger partial charge in [0.1, 0.15) is 23.9 Å². The molecule has 2 rings (SSSR count). The minimum absolute atomic E-state index is 0.0281. The highest BCUT2D eigenvalue weighted by atomic mass is 32.2. The second kappa shape index (κ2) is 9.23. The average Bonchev–Trinajstić information content (AvgIpc) is 3.06. The van der Waals surface area contributed by atoms with Gasteiger partial charge in [-0.15, -0.1) is 0 Å². The van der Waals surface area contributed by atoms with Crippen LogP contribution in [0.1, 0.15) is 16.8 Å². The quantitative estimate of drug-likeness (QED) is 0.217. The molecule has 0 bridgehead atoms. The van der Waals surface area contributed by atoms with E-state index in [1.54, 1.807) is 13.0 Å². The van der Waals surface area contributed by atoms with Crippen LogP contribution in [-0.2, 0) is 21.2 Å². The van der Waals surface area contributed by atoms with Crippen molar-refractivity contribution in [3.8, 4) is 5.88 Å². The van der Waals surface area contributed by atoms with Crippen molar-refractivity contribution in [1.29, 1.82) is 0 Å². The van der Waals surface area contributed by atoms with Crippen molar-refractivity contribution < 1.29 is 32.2 Å². The van der Waals surface area contributed by atoms with Crippen LogP contribution in [0.3, 0.4) is 0 Å². The van der Waals surface area contributed by atoms with Gasteiger partial charge in [-0.1, -0.05) is 17.3 Å². The zero-order chi connectivity index (χ0) is 20.7. The van der Waals surface area contributed by atoms with Crippen LogP contribution in [0.5, 0.6) is 5.88 Å². The van der Waals surface area contributed by atoms with Crippen LogP contribution >= 0.6 is 0 Å². The van der Waals surface area contributed by atoms with E-state index >= 15 is 0 Å². The van der Waals surface area contributed by atoms with Crippen LogP contribution in [0, 0.1) is 12.7 Å². The number of ether oxygens (including phenoxy) is 1. The van der Waals surface area contributed by atoms with Crippen LogP contribution < -0.4 is 15.2 Å². The summed E-state index contributed by atoms with van der Waals surface area (Å²) in [6.45, 7) is 1.47. The maximum Gasteiger partial charge on any atom is 0.285 e. The summed E-state index contributed by atoms with van der Waals surface area (Å²) in [6.07, 6.45) is 0.104. The third-order valence-electron chi connectivity index (χ3n) is 3.44. The number of nitrogens with one attached hydrogen (secondary N) is 1. The lowest BCUT2D eigenvalue weighted by Gasteiger charge is -2.07. The predicted molar refractivity (Wildman–Crippen MR) is 93.9 cm³/mol. The van der Waals surface area contributed by atoms with Gasteiger partial charge in [-0.25, -0.2) is 22.6 Å². The molecule has 4 N–H and O–H groups in total. The highest BCUT2D eigenvalue weighted by molar-refractivity contribution is 7.89. The van der Waals surface area contributed by atoms with Crippen LogP contribution in [-0.4, -0.2) is 54.5 Å². The highest BCUT2D eigenvalue weighted by Gasteiger charge is 2.20. The summed E-state index contributed by atoms with van der Waals surface area (Å²) in [4.78, 5) is 11.3. The Morgan fingerprint density at radius 3 is 2.82 bits per heavy atom. The van der Waals surface area contributed by atoms with Crippen molar-refractivity contribution in [3.05, 3.63) is 40.8 Å². The molecule has 0 spiro atoms. The number of nitrogens with zero attached hydrogens (tertiary/aromatic N) is 3. The maximum atomic E-state index is 13.4. The Balaban J connectivity index is 1.95. The summed E-state index contributed by atoms with van der Waals surface area (Å²) in [7, 11) is -3.92. The van der Waals surface area contributed by atoms with Gasteiger partial charge in [0.05, 0.1) is 6.54 Å². The number of carbonyl (C=O) groups is 1. The fourth-order valence-electron chi connectivity index (χ4n) is 2.20. The van der Waals surface area contributed by atoms with Gasteiger partial charge in [-0.05, 0) is 34.4 Å². The second-order valence-electron chi connectivity index (χ2n) is 5.73. The lowest BCUT2D eigenvalue weighted by Crippen LogP contribution is -2.35. The third kappa shape index (κ3) is 6.28. The smallest absolute Gasteiger partial charge is 0.285 e. The molecule has 0 aliphatic heterocycles. The van der Waals surface area contributed by atoms with Crippen LogP contribution in [0.2, 0.25) is 0 Å². The van der Waals surface area contributed by atoms with E-state index in [0.29, 0.717) is 11.1 Å². The fourth-order valence-corrected chi connectivity index (χ4v) is 2.67. The third-order valence-corrected chi connectivity index (χ3v) is 4.11. The zero-order valence-electron chi connectivity index (χ0n) is 14.8. The van der Waals surface area contributed by atoms with Gasteiger partial charge in [0.2, 0.25) is 15.9 Å². The molecule has 0 atom stereocenters. The molecule has 11 nitrogen and oxygen atoms in total. The van der Waals surface area contributed by atoms with Crippen molar-refractivity contribution in [2.24, 2.45) is 10.3 Å². The fraction of sp³-hybridized carbons (Fsp3) is 0.333. The molecule has 1 aromatic heterocycles. The first kappa shape index (κ1) is 21.2. The van der Waals surface area contributed by atoms with Gasteiger partial charge in [0.15, 0.2) is 5.69 Å². The molecule has 0 fully saturated rings. The van der Waals surface area contributed by atoms with Crippen molar-refractivity contribution in [1.82, 2.24) is 15.6 Å². The first-order valence-electron chi connectivity index (χ1n) is 7.88. The Morgan fingerprint density at radius 1 is 1.43 bits per heavy atom. The van der Waals surface area contributed by atoms with E-state index < -0.39 is 21.7 Å². The monoisotopic (exact) mass is 415 g/mol. The SMILES string of the molecule is Cc1cc(CC(=NO)c2nonc2OCCNC(=O)CS(N)(=O)=O)ccc1F. The highest BCUT2D eigenvalue weighted by Crippen LogP contribution is 2.18. The minimum Gasteiger partial charge on any atom is -0.472 e. The molecule has 0 unspecified atom stereocenters. The topological polar surface area (TPSA) is 170 Å². The molecular formula is C15H18FN5O6S. The lowest BCUT2D eigenvalue weighted by molar-refractivity contribution is -0.118. The molecule has 0 aliphatic rings. The number of oxime groups is 1. The number of hydrogen-bond donors (Lipinski definition) is 3. The first-order valence-corrected chi connectivity index (χ1v) is 9.60. The van der Waals surface area contributed by atoms with E-state index in [1.165, 1.54) is 12.1 Å². The summed E-state index contributed by atoms with van der Waals surface area (Å²) >= 11 is 0. The van der Waals surface area contributed by atoms with Gasteiger partial charge >= 0.3 is 0 Å². The van der Waals surface area contributed by atoms with Gasteiger partial charge < -0.3 is 15.3 Å². The molecule has 1 aromatic carbocycles. The predicted octanol–water partition coefficient (Wildman–Crippen LogP) is -0.278. The summed E-state index contributed by atoms with van der Waals surface area (Å²) in [5, 5.41) is 26.7. The van der Waals surface area contributed by atoms with E-state index in [0.717, 1.165) is 0 Å². The zero-order valence-corrected chi connectivity index (χ0v) is 15.6. The molecule has 28 heavy (non-hydrogen) atoms. The number of sulfonamides is 1. The van der Waals surface area contributed by atoms with Gasteiger partial charge in [0, 0.05) is 6.42 Å². The Morgan fingerprint density at radius 2 is 2.18 bits per heavy atom. The second-order valence-corrected chi connectivity index (χ2v) is 7.34. The van der Waals surface area contributed by atoms with Crippen molar-refractivity contribution in [2.75, 3.05) is 18.9 Å². The van der Waals surface area contributed by atoms with Crippen LogP contribution in [0.4, 0.5) is 4.39 Å². The number of benzene rings is 1. The molecule has 13 heteroatoms. The molecule has 0 radical (unpaired) electrons. The van der Waals surface area contributed by atoms with E-state index in [2.05, 4.69) is 25.4 Å². The van der Waals surface area contributed by atoms with Crippen LogP contribution in [0.25, 0.3) is 0 Å². The van der Waals surface area contributed by atoms with Crippen molar-refractivity contribution in [2.45, 2.75) is 13.3 Å². The summed E-state index contributed by atoms with van der Waals surface area (Å²) < 4.78 is 44.9. The number of aromatic nitrogens is 2. The molecule has 1 heterocycles. The number of carbonyl (C=O) groups excluding carboxylic acids is 1. The van der Waals surface area contributed by atoms with Crippen molar-refractivity contribution in [3.63, 3.8) is 0 Å². The molecular weight excluding hydrogens is 397 g/mol. The van der Waals surface area contributed by atoms with Gasteiger partial charge in [0.25, 0.3) is 5.88 Å². The Kier molecular flexibility index (Phi) is 7.00. The Bertz CT molecular complexity index is 975. The number of nitrogens with two attached hydrogens (primary N) is 1. The average molecular weight is 415 g/mol. The van der Waals surface area contributed by atoms with Crippen LogP contribution in [0.15, 0.2) is 28.0 Å². The summed E-state index contributed by atoms with van der Waals surface area (Å²) in [6, 6.07) is 4.42. The number of aryl methyl sites for hydroxylation is 1. The molecule has 2 aromatic rings. The summed E-state index contributed by atoms with van der Waals surface area (Å²) in [5.41, 5.74) is 1.19. The molecule has 0 aliphatic carbocycles. The lowest BCUT2D eigenvalue weighted by atomic mass is 10.0. The molecule has 152 valence electrons. The van der Waals surface area contributed by atoms with E-state index in [4.69, 9.17) is 9.88 Å².